The van der Waals surface area contributed by atoms with Crippen molar-refractivity contribution in [3.05, 3.63) is 63.9 Å². The Morgan fingerprint density at radius 3 is 2.52 bits per heavy atom. The highest BCUT2D eigenvalue weighted by atomic mass is 35.5. The molecule has 21 heavy (non-hydrogen) atoms. The van der Waals surface area contributed by atoms with Crippen LogP contribution in [0.1, 0.15) is 16.7 Å². The lowest BCUT2D eigenvalue weighted by Gasteiger charge is -2.11. The van der Waals surface area contributed by atoms with Crippen LogP contribution in [0.15, 0.2) is 41.3 Å². The highest BCUT2D eigenvalue weighted by Gasteiger charge is 2.18. The third-order valence-electron chi connectivity index (χ3n) is 3.10. The second kappa shape index (κ2) is 6.13. The van der Waals surface area contributed by atoms with E-state index in [0.717, 1.165) is 0 Å². The number of rotatable bonds is 4. The van der Waals surface area contributed by atoms with E-state index in [1.807, 2.05) is 0 Å². The van der Waals surface area contributed by atoms with E-state index < -0.39 is 15.8 Å². The molecule has 0 heterocycles. The van der Waals surface area contributed by atoms with Crippen molar-refractivity contribution >= 4 is 21.6 Å². The molecular formula is C15H15ClFNO2S. The molecule has 0 saturated heterocycles. The highest BCUT2D eigenvalue weighted by Crippen LogP contribution is 2.23. The molecule has 0 bridgehead atoms. The summed E-state index contributed by atoms with van der Waals surface area (Å²) in [5, 5.41) is 0.525. The van der Waals surface area contributed by atoms with Gasteiger partial charge in [0.1, 0.15) is 5.82 Å². The van der Waals surface area contributed by atoms with Crippen molar-refractivity contribution in [1.82, 2.24) is 4.72 Å². The number of benzene rings is 2. The monoisotopic (exact) mass is 327 g/mol. The summed E-state index contributed by atoms with van der Waals surface area (Å²) in [7, 11) is -3.67. The van der Waals surface area contributed by atoms with Crippen molar-refractivity contribution in [2.45, 2.75) is 25.3 Å². The summed E-state index contributed by atoms with van der Waals surface area (Å²) in [6.45, 7) is 3.46. The fraction of sp³-hybridized carbons (Fsp3) is 0.200. The Kier molecular flexibility index (Phi) is 4.66. The lowest BCUT2D eigenvalue weighted by Crippen LogP contribution is -2.24. The van der Waals surface area contributed by atoms with Crippen molar-refractivity contribution in [2.75, 3.05) is 0 Å². The van der Waals surface area contributed by atoms with Gasteiger partial charge in [-0.2, -0.15) is 0 Å². The molecule has 0 amide bonds. The summed E-state index contributed by atoms with van der Waals surface area (Å²) in [5.41, 5.74) is 1.81. The topological polar surface area (TPSA) is 46.2 Å². The maximum Gasteiger partial charge on any atom is 0.241 e. The van der Waals surface area contributed by atoms with E-state index in [2.05, 4.69) is 4.72 Å². The largest absolute Gasteiger partial charge is 0.241 e. The van der Waals surface area contributed by atoms with Gasteiger partial charge in [-0.05, 0) is 54.8 Å². The number of halogens is 2. The Labute approximate surface area is 128 Å². The first-order valence-corrected chi connectivity index (χ1v) is 8.16. The van der Waals surface area contributed by atoms with Gasteiger partial charge >= 0.3 is 0 Å². The standard InChI is InChI=1S/C15H15ClFNO2S/c1-10-7-15(11(2)6-14(10)16)21(19,20)18-9-12-4-3-5-13(17)8-12/h3-8,18H,9H2,1-2H3. The van der Waals surface area contributed by atoms with Crippen molar-refractivity contribution in [1.29, 1.82) is 0 Å². The quantitative estimate of drug-likeness (QED) is 0.933. The van der Waals surface area contributed by atoms with Crippen LogP contribution in [0.3, 0.4) is 0 Å². The van der Waals surface area contributed by atoms with Crippen molar-refractivity contribution in [2.24, 2.45) is 0 Å². The molecule has 1 N–H and O–H groups in total. The Hall–Kier alpha value is -1.43. The molecule has 0 aliphatic carbocycles. The molecule has 2 rings (SSSR count). The molecule has 112 valence electrons. The molecule has 2 aromatic rings. The summed E-state index contributed by atoms with van der Waals surface area (Å²) in [6, 6.07) is 8.95. The SMILES string of the molecule is Cc1cc(S(=O)(=O)NCc2cccc(F)c2)c(C)cc1Cl. The zero-order valence-electron chi connectivity index (χ0n) is 11.7. The Morgan fingerprint density at radius 2 is 1.86 bits per heavy atom. The van der Waals surface area contributed by atoms with Crippen LogP contribution in [0, 0.1) is 19.7 Å². The van der Waals surface area contributed by atoms with Crippen LogP contribution in [-0.4, -0.2) is 8.42 Å². The summed E-state index contributed by atoms with van der Waals surface area (Å²) in [6.07, 6.45) is 0. The van der Waals surface area contributed by atoms with Gasteiger partial charge in [-0.25, -0.2) is 17.5 Å². The average molecular weight is 328 g/mol. The highest BCUT2D eigenvalue weighted by molar-refractivity contribution is 7.89. The van der Waals surface area contributed by atoms with Gasteiger partial charge in [0.05, 0.1) is 4.90 Å². The number of hydrogen-bond acceptors (Lipinski definition) is 2. The summed E-state index contributed by atoms with van der Waals surface area (Å²) in [4.78, 5) is 0.181. The van der Waals surface area contributed by atoms with Crippen LogP contribution >= 0.6 is 11.6 Å². The lowest BCUT2D eigenvalue weighted by atomic mass is 10.2. The van der Waals surface area contributed by atoms with Gasteiger partial charge in [0.2, 0.25) is 10.0 Å². The third-order valence-corrected chi connectivity index (χ3v) is 5.05. The van der Waals surface area contributed by atoms with Crippen LogP contribution < -0.4 is 4.72 Å². The Bertz CT molecular complexity index is 775. The molecule has 0 atom stereocenters. The Balaban J connectivity index is 2.25. The van der Waals surface area contributed by atoms with E-state index in [-0.39, 0.29) is 11.4 Å². The predicted molar refractivity (Wildman–Crippen MR) is 81.4 cm³/mol. The molecule has 6 heteroatoms. The second-order valence-electron chi connectivity index (χ2n) is 4.82. The molecular weight excluding hydrogens is 313 g/mol. The van der Waals surface area contributed by atoms with Gasteiger partial charge in [-0.3, -0.25) is 0 Å². The molecule has 0 aliphatic heterocycles. The minimum absolute atomic E-state index is 0.0290. The number of aryl methyl sites for hydroxylation is 2. The molecule has 0 fully saturated rings. The Morgan fingerprint density at radius 1 is 1.14 bits per heavy atom. The smallest absolute Gasteiger partial charge is 0.207 e. The van der Waals surface area contributed by atoms with Crippen LogP contribution in [0.2, 0.25) is 5.02 Å². The second-order valence-corrected chi connectivity index (χ2v) is 6.96. The van der Waals surface area contributed by atoms with Crippen molar-refractivity contribution in [3.63, 3.8) is 0 Å². The molecule has 0 radical (unpaired) electrons. The number of sulfonamides is 1. The van der Waals surface area contributed by atoms with Crippen molar-refractivity contribution in [3.8, 4) is 0 Å². The fourth-order valence-electron chi connectivity index (χ4n) is 1.95. The molecule has 0 unspecified atom stereocenters. The van der Waals surface area contributed by atoms with Gasteiger partial charge in [0.15, 0.2) is 0 Å². The minimum Gasteiger partial charge on any atom is -0.207 e. The van der Waals surface area contributed by atoms with E-state index in [9.17, 15) is 12.8 Å². The summed E-state index contributed by atoms with van der Waals surface area (Å²) < 4.78 is 40.2. The van der Waals surface area contributed by atoms with Crippen LogP contribution in [0.4, 0.5) is 4.39 Å². The molecule has 3 nitrogen and oxygen atoms in total. The maximum atomic E-state index is 13.1. The molecule has 0 spiro atoms. The van der Waals surface area contributed by atoms with E-state index >= 15 is 0 Å². The van der Waals surface area contributed by atoms with Crippen LogP contribution in [0.5, 0.6) is 0 Å². The van der Waals surface area contributed by atoms with Gasteiger partial charge in [-0.15, -0.1) is 0 Å². The van der Waals surface area contributed by atoms with Crippen molar-refractivity contribution < 1.29 is 12.8 Å². The van der Waals surface area contributed by atoms with Gasteiger partial charge in [-0.1, -0.05) is 23.7 Å². The van der Waals surface area contributed by atoms with E-state index in [4.69, 9.17) is 11.6 Å². The average Bonchev–Trinajstić information content (AvgIpc) is 2.41. The summed E-state index contributed by atoms with van der Waals surface area (Å²) in [5.74, 6) is -0.398. The first kappa shape index (κ1) is 15.9. The molecule has 0 saturated carbocycles. The zero-order chi connectivity index (χ0) is 15.6. The van der Waals surface area contributed by atoms with Gasteiger partial charge < -0.3 is 0 Å². The lowest BCUT2D eigenvalue weighted by molar-refractivity contribution is 0.579. The van der Waals surface area contributed by atoms with Crippen LogP contribution in [0.25, 0.3) is 0 Å². The van der Waals surface area contributed by atoms with Gasteiger partial charge in [0, 0.05) is 11.6 Å². The van der Waals surface area contributed by atoms with Gasteiger partial charge in [0.25, 0.3) is 0 Å². The normalized spacial score (nSPS) is 11.6. The maximum absolute atomic E-state index is 13.1. The van der Waals surface area contributed by atoms with E-state index in [1.54, 1.807) is 26.0 Å². The number of nitrogens with one attached hydrogen (secondary N) is 1. The fourth-order valence-corrected chi connectivity index (χ4v) is 3.49. The zero-order valence-corrected chi connectivity index (χ0v) is 13.2. The van der Waals surface area contributed by atoms with E-state index in [1.165, 1.54) is 24.3 Å². The predicted octanol–water partition coefficient (Wildman–Crippen LogP) is 3.57. The van der Waals surface area contributed by atoms with E-state index in [0.29, 0.717) is 21.7 Å². The molecule has 0 aliphatic rings. The molecule has 2 aromatic carbocycles. The third kappa shape index (κ3) is 3.81. The first-order valence-electron chi connectivity index (χ1n) is 6.30. The summed E-state index contributed by atoms with van der Waals surface area (Å²) >= 11 is 5.97. The van der Waals surface area contributed by atoms with Crippen LogP contribution in [-0.2, 0) is 16.6 Å². The molecule has 0 aromatic heterocycles. The minimum atomic E-state index is -3.67. The first-order chi connectivity index (χ1) is 9.79. The number of hydrogen-bond donors (Lipinski definition) is 1.